The van der Waals surface area contributed by atoms with Crippen molar-refractivity contribution in [1.82, 2.24) is 15.1 Å². The van der Waals surface area contributed by atoms with E-state index in [1.807, 2.05) is 6.92 Å². The molecule has 5 rings (SSSR count). The van der Waals surface area contributed by atoms with E-state index in [4.69, 9.17) is 0 Å². The average molecular weight is 450 g/mol. The molecule has 1 heterocycles. The highest BCUT2D eigenvalue weighted by Gasteiger charge is 2.55. The Hall–Kier alpha value is -1.24. The first-order chi connectivity index (χ1) is 14.7. The Bertz CT molecular complexity index is 690. The van der Waals surface area contributed by atoms with E-state index in [1.165, 1.54) is 19.3 Å². The molecule has 0 aromatic carbocycles. The largest absolute Gasteiger partial charge is 0.344 e. The Labute approximate surface area is 191 Å². The van der Waals surface area contributed by atoms with E-state index in [0.717, 1.165) is 19.3 Å². The lowest BCUT2D eigenvalue weighted by Gasteiger charge is -2.55. The van der Waals surface area contributed by atoms with E-state index in [0.29, 0.717) is 42.3 Å². The number of nitrogens with one attached hydrogen (secondary N) is 1. The third-order valence-corrected chi connectivity index (χ3v) is 9.14. The summed E-state index contributed by atoms with van der Waals surface area (Å²) < 4.78 is 0. The number of carbonyl (C=O) groups excluding carboxylic acids is 3. The molecule has 1 N–H and O–H groups in total. The van der Waals surface area contributed by atoms with Crippen LogP contribution in [0.4, 0.5) is 0 Å². The predicted molar refractivity (Wildman–Crippen MR) is 123 cm³/mol. The number of amides is 3. The SMILES string of the molecule is CCN(C)C(=O)C1CSCN1C(=O)C(CC(C)C)NC(=O)C12CC3CC(CC(C3)C1)C2. The zero-order valence-electron chi connectivity index (χ0n) is 19.6. The molecule has 4 bridgehead atoms. The van der Waals surface area contributed by atoms with Gasteiger partial charge in [-0.05, 0) is 75.5 Å². The molecule has 5 fully saturated rings. The fourth-order valence-electron chi connectivity index (χ4n) is 6.87. The summed E-state index contributed by atoms with van der Waals surface area (Å²) in [7, 11) is 1.79. The van der Waals surface area contributed by atoms with Gasteiger partial charge in [-0.15, -0.1) is 11.8 Å². The molecule has 0 spiro atoms. The van der Waals surface area contributed by atoms with Gasteiger partial charge in [0.2, 0.25) is 17.7 Å². The zero-order chi connectivity index (χ0) is 22.3. The first-order valence-corrected chi connectivity index (χ1v) is 13.3. The van der Waals surface area contributed by atoms with Crippen LogP contribution < -0.4 is 5.32 Å². The van der Waals surface area contributed by atoms with Crippen molar-refractivity contribution < 1.29 is 14.4 Å². The second kappa shape index (κ2) is 8.95. The smallest absolute Gasteiger partial charge is 0.246 e. The molecule has 2 atom stereocenters. The Balaban J connectivity index is 1.49. The minimum absolute atomic E-state index is 0.00319. The van der Waals surface area contributed by atoms with Crippen LogP contribution in [-0.2, 0) is 14.4 Å². The van der Waals surface area contributed by atoms with Gasteiger partial charge in [0.15, 0.2) is 0 Å². The van der Waals surface area contributed by atoms with Crippen LogP contribution in [0.25, 0.3) is 0 Å². The van der Waals surface area contributed by atoms with Crippen LogP contribution in [0.3, 0.4) is 0 Å². The van der Waals surface area contributed by atoms with Gasteiger partial charge < -0.3 is 15.1 Å². The van der Waals surface area contributed by atoms with Gasteiger partial charge in [-0.1, -0.05) is 13.8 Å². The summed E-state index contributed by atoms with van der Waals surface area (Å²) in [6.07, 6.45) is 7.48. The van der Waals surface area contributed by atoms with E-state index in [2.05, 4.69) is 19.2 Å². The van der Waals surface area contributed by atoms with Gasteiger partial charge in [-0.25, -0.2) is 0 Å². The Morgan fingerprint density at radius 2 is 1.68 bits per heavy atom. The lowest BCUT2D eigenvalue weighted by atomic mass is 9.49. The van der Waals surface area contributed by atoms with Crippen LogP contribution in [0.15, 0.2) is 0 Å². The van der Waals surface area contributed by atoms with E-state index >= 15 is 0 Å². The number of likely N-dealkylation sites (N-methyl/N-ethyl adjacent to an activating group) is 1. The Kier molecular flexibility index (Phi) is 6.62. The van der Waals surface area contributed by atoms with Crippen molar-refractivity contribution in [3.8, 4) is 0 Å². The second-order valence-electron chi connectivity index (χ2n) is 11.0. The number of rotatable bonds is 7. The van der Waals surface area contributed by atoms with Gasteiger partial charge in [-0.3, -0.25) is 14.4 Å². The first kappa shape index (κ1) is 22.9. The quantitative estimate of drug-likeness (QED) is 0.648. The normalized spacial score (nSPS) is 34.8. The van der Waals surface area contributed by atoms with Crippen molar-refractivity contribution in [2.75, 3.05) is 25.2 Å². The van der Waals surface area contributed by atoms with Crippen LogP contribution in [-0.4, -0.2) is 64.8 Å². The maximum atomic E-state index is 13.6. The molecule has 0 radical (unpaired) electrons. The topological polar surface area (TPSA) is 69.7 Å². The molecule has 6 nitrogen and oxygen atoms in total. The Morgan fingerprint density at radius 3 is 2.19 bits per heavy atom. The maximum absolute atomic E-state index is 13.6. The molecule has 4 saturated carbocycles. The van der Waals surface area contributed by atoms with E-state index in [9.17, 15) is 14.4 Å². The maximum Gasteiger partial charge on any atom is 0.246 e. The molecule has 0 aromatic heterocycles. The highest BCUT2D eigenvalue weighted by molar-refractivity contribution is 7.99. The summed E-state index contributed by atoms with van der Waals surface area (Å²) in [6.45, 7) is 6.74. The fourth-order valence-corrected chi connectivity index (χ4v) is 8.02. The molecule has 7 heteroatoms. The lowest BCUT2D eigenvalue weighted by Crippen LogP contribution is -2.59. The molecule has 174 valence electrons. The van der Waals surface area contributed by atoms with Crippen LogP contribution in [0.1, 0.15) is 65.7 Å². The highest BCUT2D eigenvalue weighted by Crippen LogP contribution is 2.60. The fraction of sp³-hybridized carbons (Fsp3) is 0.875. The molecular weight excluding hydrogens is 410 g/mol. The van der Waals surface area contributed by atoms with Crippen LogP contribution >= 0.6 is 11.8 Å². The standard InChI is InChI=1S/C24H39N3O3S/c1-5-26(4)22(29)20-13-31-14-27(20)21(28)19(6-15(2)3)25-23(30)24-10-16-7-17(11-24)9-18(8-16)12-24/h15-20H,5-14H2,1-4H3,(H,25,30). The number of hydrogen-bond donors (Lipinski definition) is 1. The van der Waals surface area contributed by atoms with Crippen LogP contribution in [0.2, 0.25) is 0 Å². The first-order valence-electron chi connectivity index (χ1n) is 12.2. The second-order valence-corrected chi connectivity index (χ2v) is 12.0. The van der Waals surface area contributed by atoms with Crippen LogP contribution in [0, 0.1) is 29.1 Å². The van der Waals surface area contributed by atoms with Crippen LogP contribution in [0.5, 0.6) is 0 Å². The van der Waals surface area contributed by atoms with Crippen molar-refractivity contribution in [2.24, 2.45) is 29.1 Å². The van der Waals surface area contributed by atoms with Crippen molar-refractivity contribution in [1.29, 1.82) is 0 Å². The summed E-state index contributed by atoms with van der Waals surface area (Å²) in [4.78, 5) is 43.4. The molecule has 31 heavy (non-hydrogen) atoms. The molecule has 0 aromatic rings. The molecular formula is C24H39N3O3S. The molecule has 5 aliphatic rings. The van der Waals surface area contributed by atoms with Gasteiger partial charge in [-0.2, -0.15) is 0 Å². The van der Waals surface area contributed by atoms with Crippen molar-refractivity contribution in [3.05, 3.63) is 0 Å². The van der Waals surface area contributed by atoms with Crippen molar-refractivity contribution >= 4 is 29.5 Å². The third kappa shape index (κ3) is 4.49. The molecule has 1 saturated heterocycles. The monoisotopic (exact) mass is 449 g/mol. The third-order valence-electron chi connectivity index (χ3n) is 8.13. The average Bonchev–Trinajstić information content (AvgIpc) is 3.20. The van der Waals surface area contributed by atoms with Gasteiger partial charge in [0.1, 0.15) is 12.1 Å². The zero-order valence-corrected chi connectivity index (χ0v) is 20.4. The number of nitrogens with zero attached hydrogens (tertiary/aromatic N) is 2. The van der Waals surface area contributed by atoms with Gasteiger partial charge in [0.05, 0.1) is 5.88 Å². The summed E-state index contributed by atoms with van der Waals surface area (Å²) in [5.41, 5.74) is -0.262. The highest BCUT2D eigenvalue weighted by atomic mass is 32.2. The van der Waals surface area contributed by atoms with Gasteiger partial charge in [0.25, 0.3) is 0 Å². The minimum atomic E-state index is -0.540. The van der Waals surface area contributed by atoms with Gasteiger partial charge in [0, 0.05) is 24.8 Å². The minimum Gasteiger partial charge on any atom is -0.344 e. The number of carbonyl (C=O) groups is 3. The summed E-state index contributed by atoms with van der Waals surface area (Å²) in [5, 5.41) is 3.22. The number of hydrogen-bond acceptors (Lipinski definition) is 4. The van der Waals surface area contributed by atoms with E-state index in [-0.39, 0.29) is 29.1 Å². The van der Waals surface area contributed by atoms with Gasteiger partial charge >= 0.3 is 0 Å². The molecule has 3 amide bonds. The summed E-state index contributed by atoms with van der Waals surface area (Å²) in [6, 6.07) is -0.963. The van der Waals surface area contributed by atoms with Crippen molar-refractivity contribution in [2.45, 2.75) is 77.8 Å². The lowest BCUT2D eigenvalue weighted by molar-refractivity contribution is -0.151. The van der Waals surface area contributed by atoms with E-state index in [1.54, 1.807) is 28.6 Å². The van der Waals surface area contributed by atoms with Crippen molar-refractivity contribution in [3.63, 3.8) is 0 Å². The summed E-state index contributed by atoms with van der Waals surface area (Å²) in [5.74, 6) is 3.53. The van der Waals surface area contributed by atoms with E-state index < -0.39 is 12.1 Å². The predicted octanol–water partition coefficient (Wildman–Crippen LogP) is 3.11. The number of thioether (sulfide) groups is 1. The molecule has 2 unspecified atom stereocenters. The molecule has 1 aliphatic heterocycles. The molecule has 4 aliphatic carbocycles. The Morgan fingerprint density at radius 1 is 1.10 bits per heavy atom. The summed E-state index contributed by atoms with van der Waals surface area (Å²) >= 11 is 1.62.